The van der Waals surface area contributed by atoms with Crippen LogP contribution in [0.1, 0.15) is 6.23 Å². The molecule has 16 nitrogen and oxygen atoms in total. The molecule has 0 saturated carbocycles. The molecule has 0 radical (unpaired) electrons. The maximum atomic E-state index is 14.2. The number of phosphoric ester groups is 1. The Morgan fingerprint density at radius 3 is 2.15 bits per heavy atom. The van der Waals surface area contributed by atoms with Gasteiger partial charge in [0.05, 0.1) is 14.4 Å². The third-order valence-electron chi connectivity index (χ3n) is 3.22. The van der Waals surface area contributed by atoms with Crippen LogP contribution in [-0.2, 0) is 31.6 Å². The van der Waals surface area contributed by atoms with Gasteiger partial charge in [-0.05, 0) is 6.07 Å². The number of hydrogen-bond donors (Lipinski definition) is 2. The zero-order valence-corrected chi connectivity index (χ0v) is 20.4. The van der Waals surface area contributed by atoms with Gasteiger partial charge in [-0.1, -0.05) is 0 Å². The summed E-state index contributed by atoms with van der Waals surface area (Å²) in [7, 11) is -18.2. The zero-order chi connectivity index (χ0) is 22.2. The van der Waals surface area contributed by atoms with Crippen molar-refractivity contribution in [1.29, 1.82) is 0 Å². The standard InChI is InChI=1S/C9H15FN3O13P3.4Li/c10-6-7(14)4(24-8(6)13-2-1-5(11)12-9(13)15)3-23-28(19,20)26-29(21,22)25-27(16,17)18;;;;/h1-2,4,6-8,14H,3H2,(H,19,20)(H,21,22)(H2,11,12,15)(H2,16,17,18);;;;/q;4*+1/p-4. The number of aliphatic hydroxyl groups is 1. The summed E-state index contributed by atoms with van der Waals surface area (Å²) in [6.07, 6.45) is -6.81. The van der Waals surface area contributed by atoms with Gasteiger partial charge in [0.25, 0.3) is 15.6 Å². The molecule has 2 heterocycles. The first-order valence-electron chi connectivity index (χ1n) is 7.14. The Morgan fingerprint density at radius 2 is 1.67 bits per heavy atom. The average molecular weight is 509 g/mol. The van der Waals surface area contributed by atoms with E-state index >= 15 is 0 Å². The van der Waals surface area contributed by atoms with E-state index < -0.39 is 60.4 Å². The molecule has 1 aromatic heterocycles. The smallest absolute Gasteiger partial charge is 0.790 e. The molecule has 0 bridgehead atoms. The van der Waals surface area contributed by atoms with Gasteiger partial charge >= 0.3 is 81.1 Å². The Hall–Kier alpha value is 1.33. The van der Waals surface area contributed by atoms with Gasteiger partial charge in [0.1, 0.15) is 18.0 Å². The first kappa shape index (κ1) is 38.9. The van der Waals surface area contributed by atoms with Gasteiger partial charge in [-0.2, -0.15) is 4.98 Å². The van der Waals surface area contributed by atoms with E-state index in [2.05, 4.69) is 18.1 Å². The predicted molar refractivity (Wildman–Crippen MR) is 78.7 cm³/mol. The summed E-state index contributed by atoms with van der Waals surface area (Å²) >= 11 is 0. The average Bonchev–Trinajstić information content (AvgIpc) is 2.78. The van der Waals surface area contributed by atoms with E-state index in [-0.39, 0.29) is 81.3 Å². The minimum Gasteiger partial charge on any atom is -0.790 e. The molecule has 1 aromatic rings. The Bertz CT molecular complexity index is 969. The molecule has 0 amide bonds. The number of alkyl halides is 1. The van der Waals surface area contributed by atoms with E-state index in [1.165, 1.54) is 0 Å². The van der Waals surface area contributed by atoms with Crippen molar-refractivity contribution in [3.8, 4) is 0 Å². The molecule has 6 unspecified atom stereocenters. The quantitative estimate of drug-likeness (QED) is 0.244. The molecule has 0 spiro atoms. The summed E-state index contributed by atoms with van der Waals surface area (Å²) in [4.78, 5) is 58.0. The van der Waals surface area contributed by atoms with Gasteiger partial charge < -0.3 is 44.2 Å². The zero-order valence-electron chi connectivity index (χ0n) is 17.7. The van der Waals surface area contributed by atoms with Crippen molar-refractivity contribution in [2.75, 3.05) is 12.3 Å². The van der Waals surface area contributed by atoms with Crippen molar-refractivity contribution in [3.63, 3.8) is 0 Å². The monoisotopic (exact) mass is 509 g/mol. The Kier molecular flexibility index (Phi) is 17.6. The molecular weight excluding hydrogens is 498 g/mol. The van der Waals surface area contributed by atoms with Crippen LogP contribution in [0.4, 0.5) is 10.2 Å². The number of halogens is 1. The van der Waals surface area contributed by atoms with E-state index in [4.69, 9.17) is 10.5 Å². The number of ether oxygens (including phenoxy) is 1. The summed E-state index contributed by atoms with van der Waals surface area (Å²) in [5, 5.41) is 9.78. The Morgan fingerprint density at radius 1 is 1.12 bits per heavy atom. The number of aliphatic hydroxyl groups excluding tert-OH is 1. The van der Waals surface area contributed by atoms with Crippen LogP contribution in [-0.4, -0.2) is 39.6 Å². The molecule has 0 aliphatic carbocycles. The van der Waals surface area contributed by atoms with E-state index in [0.717, 1.165) is 12.3 Å². The molecule has 166 valence electrons. The van der Waals surface area contributed by atoms with Gasteiger partial charge in [-0.3, -0.25) is 18.0 Å². The normalized spacial score (nSPS) is 25.8. The molecule has 1 saturated heterocycles. The van der Waals surface area contributed by atoms with Gasteiger partial charge in [0.2, 0.25) is 0 Å². The number of rotatable bonds is 8. The first-order valence-corrected chi connectivity index (χ1v) is 11.5. The van der Waals surface area contributed by atoms with Crippen LogP contribution in [0.2, 0.25) is 0 Å². The molecule has 1 aliphatic heterocycles. The molecule has 6 atom stereocenters. The fraction of sp³-hybridized carbons (Fsp3) is 0.556. The molecular formula is C9H11FLi4N3O13P3. The van der Waals surface area contributed by atoms with E-state index in [9.17, 15) is 47.6 Å². The predicted octanol–water partition coefficient (Wildman–Crippen LogP) is -15.7. The molecule has 24 heteroatoms. The number of nitrogens with two attached hydrogens (primary N) is 1. The SMILES string of the molecule is Nc1ccn(C2OC(COP(=O)([O-])OP(=O)([O-])OP(=O)([O-])[O-])C(O)C2F)c(=O)n1.[Li+].[Li+].[Li+].[Li+]. The van der Waals surface area contributed by atoms with Crippen LogP contribution in [0, 0.1) is 0 Å². The minimum atomic E-state index is -6.18. The van der Waals surface area contributed by atoms with Crippen LogP contribution in [0.5, 0.6) is 0 Å². The first-order chi connectivity index (χ1) is 13.1. The van der Waals surface area contributed by atoms with Crippen molar-refractivity contribution in [2.45, 2.75) is 24.6 Å². The van der Waals surface area contributed by atoms with E-state index in [1.807, 2.05) is 0 Å². The number of aromatic nitrogens is 2. The number of nitrogens with zero attached hydrogens (tertiary/aromatic N) is 2. The summed E-state index contributed by atoms with van der Waals surface area (Å²) in [6, 6.07) is 1.11. The number of nitrogen functional groups attached to an aromatic ring is 1. The maximum Gasteiger partial charge on any atom is 1.00 e. The molecule has 0 aromatic carbocycles. The van der Waals surface area contributed by atoms with Crippen LogP contribution in [0.15, 0.2) is 17.1 Å². The van der Waals surface area contributed by atoms with Crippen LogP contribution in [0.25, 0.3) is 0 Å². The van der Waals surface area contributed by atoms with Gasteiger partial charge in [0, 0.05) is 6.20 Å². The van der Waals surface area contributed by atoms with Crippen molar-refractivity contribution < 1.29 is 136 Å². The molecule has 2 rings (SSSR count). The van der Waals surface area contributed by atoms with Gasteiger partial charge in [-0.25, -0.2) is 13.5 Å². The van der Waals surface area contributed by atoms with E-state index in [1.54, 1.807) is 0 Å². The third-order valence-corrected chi connectivity index (χ3v) is 6.88. The van der Waals surface area contributed by atoms with E-state index in [0.29, 0.717) is 4.57 Å². The Labute approximate surface area is 233 Å². The van der Waals surface area contributed by atoms with Gasteiger partial charge in [-0.15, -0.1) is 0 Å². The van der Waals surface area contributed by atoms with Crippen molar-refractivity contribution in [3.05, 3.63) is 22.7 Å². The minimum absolute atomic E-state index is 0. The second kappa shape index (κ2) is 14.9. The fourth-order valence-electron chi connectivity index (χ4n) is 2.13. The molecule has 1 aliphatic rings. The summed E-state index contributed by atoms with van der Waals surface area (Å²) in [5.41, 5.74) is 4.23. The van der Waals surface area contributed by atoms with Crippen molar-refractivity contribution >= 4 is 29.3 Å². The second-order valence-electron chi connectivity index (χ2n) is 5.34. The Balaban J connectivity index is -0.00000225. The molecule has 1 fully saturated rings. The summed E-state index contributed by atoms with van der Waals surface area (Å²) in [6.45, 7) is -1.22. The second-order valence-corrected chi connectivity index (χ2v) is 9.59. The third kappa shape index (κ3) is 11.9. The fourth-order valence-corrected chi connectivity index (χ4v) is 5.00. The summed E-state index contributed by atoms with van der Waals surface area (Å²) < 4.78 is 62.9. The molecule has 3 N–H and O–H groups in total. The van der Waals surface area contributed by atoms with Crippen LogP contribution < -0.4 is 106 Å². The largest absolute Gasteiger partial charge is 1.00 e. The topological polar surface area (TPSA) is 262 Å². The van der Waals surface area contributed by atoms with Crippen molar-refractivity contribution in [1.82, 2.24) is 9.55 Å². The summed E-state index contributed by atoms with van der Waals surface area (Å²) in [5.74, 6) is -0.186. The number of anilines is 1. The molecule has 33 heavy (non-hydrogen) atoms. The maximum absolute atomic E-state index is 14.2. The number of phosphoric acid groups is 3. The van der Waals surface area contributed by atoms with Crippen LogP contribution in [0.3, 0.4) is 0 Å². The number of hydrogen-bond acceptors (Lipinski definition) is 15. The van der Waals surface area contributed by atoms with Gasteiger partial charge in [0.15, 0.2) is 12.4 Å². The van der Waals surface area contributed by atoms with Crippen molar-refractivity contribution in [2.24, 2.45) is 0 Å². The van der Waals surface area contributed by atoms with Crippen LogP contribution >= 0.6 is 23.5 Å².